The fourth-order valence-electron chi connectivity index (χ4n) is 1.67. The minimum atomic E-state index is -3.49. The maximum atomic E-state index is 12.1. The molecule has 0 aromatic heterocycles. The van der Waals surface area contributed by atoms with E-state index in [1.54, 1.807) is 25.3 Å². The highest BCUT2D eigenvalue weighted by molar-refractivity contribution is 7.89. The minimum absolute atomic E-state index is 0.240. The van der Waals surface area contributed by atoms with Crippen molar-refractivity contribution in [3.8, 4) is 0 Å². The average Bonchev–Trinajstić information content (AvgIpc) is 2.49. The summed E-state index contributed by atoms with van der Waals surface area (Å²) >= 11 is 0. The number of hydrogen-bond acceptors (Lipinski definition) is 5. The Labute approximate surface area is 126 Å². The van der Waals surface area contributed by atoms with Crippen LogP contribution in [-0.4, -0.2) is 48.4 Å². The van der Waals surface area contributed by atoms with Gasteiger partial charge in [-0.15, -0.1) is 0 Å². The van der Waals surface area contributed by atoms with Crippen molar-refractivity contribution in [1.82, 2.24) is 10.0 Å². The first-order valence-corrected chi connectivity index (χ1v) is 8.44. The SMILES string of the molecule is CCNCc1cccc(S(=O)(=O)NCCOCCOC)c1. The van der Waals surface area contributed by atoms with Crippen molar-refractivity contribution < 1.29 is 17.9 Å². The van der Waals surface area contributed by atoms with E-state index in [0.717, 1.165) is 12.1 Å². The molecule has 120 valence electrons. The van der Waals surface area contributed by atoms with Crippen molar-refractivity contribution in [2.24, 2.45) is 0 Å². The summed E-state index contributed by atoms with van der Waals surface area (Å²) in [5.74, 6) is 0. The molecule has 1 aromatic rings. The molecule has 0 aliphatic carbocycles. The minimum Gasteiger partial charge on any atom is -0.382 e. The van der Waals surface area contributed by atoms with Gasteiger partial charge < -0.3 is 14.8 Å². The smallest absolute Gasteiger partial charge is 0.240 e. The van der Waals surface area contributed by atoms with Crippen LogP contribution in [0.2, 0.25) is 0 Å². The number of ether oxygens (including phenoxy) is 2. The Kier molecular flexibility index (Phi) is 8.48. The summed E-state index contributed by atoms with van der Waals surface area (Å²) in [7, 11) is -1.90. The molecule has 2 N–H and O–H groups in total. The molecule has 0 spiro atoms. The maximum Gasteiger partial charge on any atom is 0.240 e. The molecule has 1 rings (SSSR count). The van der Waals surface area contributed by atoms with E-state index in [1.165, 1.54) is 0 Å². The number of methoxy groups -OCH3 is 1. The van der Waals surface area contributed by atoms with Crippen LogP contribution in [0.4, 0.5) is 0 Å². The topological polar surface area (TPSA) is 76.7 Å². The van der Waals surface area contributed by atoms with Gasteiger partial charge in [0.05, 0.1) is 24.7 Å². The van der Waals surface area contributed by atoms with Gasteiger partial charge in [-0.1, -0.05) is 19.1 Å². The van der Waals surface area contributed by atoms with E-state index in [9.17, 15) is 8.42 Å². The number of hydrogen-bond donors (Lipinski definition) is 2. The summed E-state index contributed by atoms with van der Waals surface area (Å²) in [5, 5.41) is 3.17. The van der Waals surface area contributed by atoms with Gasteiger partial charge >= 0.3 is 0 Å². The molecule has 0 aliphatic rings. The second-order valence-corrected chi connectivity index (χ2v) is 6.20. The highest BCUT2D eigenvalue weighted by Gasteiger charge is 2.13. The van der Waals surface area contributed by atoms with Crippen LogP contribution in [0, 0.1) is 0 Å². The maximum absolute atomic E-state index is 12.1. The largest absolute Gasteiger partial charge is 0.382 e. The fourth-order valence-corrected chi connectivity index (χ4v) is 2.75. The summed E-state index contributed by atoms with van der Waals surface area (Å²) in [5.41, 5.74) is 0.941. The van der Waals surface area contributed by atoms with Crippen LogP contribution in [0.1, 0.15) is 12.5 Å². The molecular weight excluding hydrogens is 292 g/mol. The van der Waals surface area contributed by atoms with Crippen LogP contribution < -0.4 is 10.0 Å². The molecule has 0 fully saturated rings. The number of benzene rings is 1. The van der Waals surface area contributed by atoms with Crippen LogP contribution in [0.25, 0.3) is 0 Å². The van der Waals surface area contributed by atoms with Gasteiger partial charge in [0.25, 0.3) is 0 Å². The zero-order valence-electron chi connectivity index (χ0n) is 12.6. The van der Waals surface area contributed by atoms with Crippen molar-refractivity contribution >= 4 is 10.0 Å². The quantitative estimate of drug-likeness (QED) is 0.589. The number of sulfonamides is 1. The van der Waals surface area contributed by atoms with Crippen molar-refractivity contribution in [1.29, 1.82) is 0 Å². The Morgan fingerprint density at radius 2 is 2.00 bits per heavy atom. The van der Waals surface area contributed by atoms with E-state index >= 15 is 0 Å². The average molecular weight is 316 g/mol. The van der Waals surface area contributed by atoms with Gasteiger partial charge in [0.2, 0.25) is 10.0 Å². The van der Waals surface area contributed by atoms with Crippen molar-refractivity contribution in [3.63, 3.8) is 0 Å². The first kappa shape index (κ1) is 18.1. The number of rotatable bonds is 11. The standard InChI is InChI=1S/C14H24N2O4S/c1-3-15-12-13-5-4-6-14(11-13)21(17,18)16-7-8-20-10-9-19-2/h4-6,11,15-16H,3,7-10,12H2,1-2H3. The van der Waals surface area contributed by atoms with Crippen molar-refractivity contribution in [3.05, 3.63) is 29.8 Å². The zero-order chi connectivity index (χ0) is 15.6. The molecular formula is C14H24N2O4S. The number of nitrogens with one attached hydrogen (secondary N) is 2. The lowest BCUT2D eigenvalue weighted by atomic mass is 10.2. The van der Waals surface area contributed by atoms with Gasteiger partial charge in [-0.2, -0.15) is 0 Å². The van der Waals surface area contributed by atoms with Gasteiger partial charge in [0, 0.05) is 20.2 Å². The van der Waals surface area contributed by atoms with Crippen LogP contribution in [0.5, 0.6) is 0 Å². The predicted molar refractivity (Wildman–Crippen MR) is 81.7 cm³/mol. The lowest BCUT2D eigenvalue weighted by Gasteiger charge is -2.09. The molecule has 21 heavy (non-hydrogen) atoms. The molecule has 6 nitrogen and oxygen atoms in total. The molecule has 0 unspecified atom stereocenters. The van der Waals surface area contributed by atoms with E-state index < -0.39 is 10.0 Å². The molecule has 0 radical (unpaired) electrons. The first-order valence-electron chi connectivity index (χ1n) is 6.96. The molecule has 0 amide bonds. The Morgan fingerprint density at radius 1 is 1.19 bits per heavy atom. The van der Waals surface area contributed by atoms with Crippen LogP contribution in [0.15, 0.2) is 29.2 Å². The monoisotopic (exact) mass is 316 g/mol. The molecule has 0 saturated carbocycles. The lowest BCUT2D eigenvalue weighted by molar-refractivity contribution is 0.0736. The summed E-state index contributed by atoms with van der Waals surface area (Å²) in [6.07, 6.45) is 0. The zero-order valence-corrected chi connectivity index (χ0v) is 13.4. The Balaban J connectivity index is 2.49. The Morgan fingerprint density at radius 3 is 2.71 bits per heavy atom. The summed E-state index contributed by atoms with van der Waals surface area (Å²) < 4.78 is 36.8. The molecule has 0 heterocycles. The molecule has 0 bridgehead atoms. The predicted octanol–water partition coefficient (Wildman–Crippen LogP) is 0.737. The van der Waals surface area contributed by atoms with Crippen molar-refractivity contribution in [2.75, 3.05) is 40.0 Å². The van der Waals surface area contributed by atoms with Crippen LogP contribution in [-0.2, 0) is 26.0 Å². The highest BCUT2D eigenvalue weighted by Crippen LogP contribution is 2.11. The summed E-state index contributed by atoms with van der Waals surface area (Å²) in [6, 6.07) is 6.91. The Bertz CT molecular complexity index is 505. The summed E-state index contributed by atoms with van der Waals surface area (Å²) in [4.78, 5) is 0.273. The molecule has 0 atom stereocenters. The van der Waals surface area contributed by atoms with Crippen LogP contribution >= 0.6 is 0 Å². The van der Waals surface area contributed by atoms with Crippen LogP contribution in [0.3, 0.4) is 0 Å². The van der Waals surface area contributed by atoms with Crippen molar-refractivity contribution in [2.45, 2.75) is 18.4 Å². The van der Waals surface area contributed by atoms with E-state index in [4.69, 9.17) is 9.47 Å². The fraction of sp³-hybridized carbons (Fsp3) is 0.571. The normalized spacial score (nSPS) is 11.7. The van der Waals surface area contributed by atoms with E-state index in [2.05, 4.69) is 10.0 Å². The second-order valence-electron chi connectivity index (χ2n) is 4.43. The third-order valence-electron chi connectivity index (χ3n) is 2.76. The van der Waals surface area contributed by atoms with Gasteiger partial charge in [0.1, 0.15) is 0 Å². The first-order chi connectivity index (χ1) is 10.1. The van der Waals surface area contributed by atoms with E-state index in [0.29, 0.717) is 26.4 Å². The van der Waals surface area contributed by atoms with Gasteiger partial charge in [-0.05, 0) is 24.2 Å². The van der Waals surface area contributed by atoms with Gasteiger partial charge in [-0.25, -0.2) is 13.1 Å². The summed E-state index contributed by atoms with van der Waals surface area (Å²) in [6.45, 7) is 5.01. The lowest BCUT2D eigenvalue weighted by Crippen LogP contribution is -2.28. The molecule has 1 aromatic carbocycles. The van der Waals surface area contributed by atoms with E-state index in [-0.39, 0.29) is 11.4 Å². The molecule has 0 saturated heterocycles. The van der Waals surface area contributed by atoms with Gasteiger partial charge in [-0.3, -0.25) is 0 Å². The third-order valence-corrected chi connectivity index (χ3v) is 4.22. The molecule has 0 aliphatic heterocycles. The van der Waals surface area contributed by atoms with E-state index in [1.807, 2.05) is 13.0 Å². The highest BCUT2D eigenvalue weighted by atomic mass is 32.2. The Hall–Kier alpha value is -0.990. The van der Waals surface area contributed by atoms with Gasteiger partial charge in [0.15, 0.2) is 0 Å². The third kappa shape index (κ3) is 7.01. The second kappa shape index (κ2) is 9.86. The molecule has 7 heteroatoms.